The first kappa shape index (κ1) is 27.0. The molecule has 0 fully saturated rings. The minimum atomic E-state index is -3.67. The van der Waals surface area contributed by atoms with E-state index in [0.29, 0.717) is 0 Å². The van der Waals surface area contributed by atoms with Crippen LogP contribution in [0.15, 0.2) is 59.6 Å². The van der Waals surface area contributed by atoms with Crippen LogP contribution in [-0.4, -0.2) is 50.9 Å². The van der Waals surface area contributed by atoms with Crippen molar-refractivity contribution >= 4 is 32.2 Å². The van der Waals surface area contributed by atoms with Gasteiger partial charge in [0.25, 0.3) is 0 Å². The quantitative estimate of drug-likeness (QED) is 0.252. The lowest BCUT2D eigenvalue weighted by atomic mass is 9.95. The zero-order valence-corrected chi connectivity index (χ0v) is 21.0. The van der Waals surface area contributed by atoms with E-state index >= 15 is 0 Å². The van der Waals surface area contributed by atoms with E-state index in [2.05, 4.69) is 10.3 Å². The average molecular weight is 549 g/mol. The van der Waals surface area contributed by atoms with E-state index in [0.717, 1.165) is 30.5 Å². The van der Waals surface area contributed by atoms with Gasteiger partial charge in [-0.3, -0.25) is 4.79 Å². The number of sulfone groups is 1. The first-order chi connectivity index (χ1) is 18.0. The Morgan fingerprint density at radius 3 is 2.50 bits per heavy atom. The predicted octanol–water partition coefficient (Wildman–Crippen LogP) is 4.40. The van der Waals surface area contributed by atoms with Crippen LogP contribution in [0.25, 0.3) is 10.9 Å². The molecule has 12 heteroatoms. The number of aliphatic hydroxyl groups excluding tert-OH is 1. The van der Waals surface area contributed by atoms with Gasteiger partial charge in [0, 0.05) is 58.4 Å². The Morgan fingerprint density at radius 1 is 1.08 bits per heavy atom. The van der Waals surface area contributed by atoms with Gasteiger partial charge >= 0.3 is 0 Å². The Hall–Kier alpha value is -4.03. The molecule has 4 aromatic rings. The number of aliphatic hydroxyl groups is 1. The van der Waals surface area contributed by atoms with Gasteiger partial charge in [-0.25, -0.2) is 21.6 Å². The van der Waals surface area contributed by atoms with E-state index in [1.165, 1.54) is 37.6 Å². The predicted molar refractivity (Wildman–Crippen MR) is 134 cm³/mol. The average Bonchev–Trinajstić information content (AvgIpc) is 3.27. The number of fused-ring (bicyclic) bond motifs is 1. The van der Waals surface area contributed by atoms with Crippen molar-refractivity contribution in [1.82, 2.24) is 4.98 Å². The van der Waals surface area contributed by atoms with E-state index in [-0.39, 0.29) is 57.3 Å². The molecule has 0 spiro atoms. The first-order valence-electron chi connectivity index (χ1n) is 11.2. The number of ether oxygens (including phenoxy) is 2. The number of hydrogen-bond acceptors (Lipinski definition) is 7. The number of rotatable bonds is 10. The van der Waals surface area contributed by atoms with Crippen molar-refractivity contribution in [3.8, 4) is 11.5 Å². The van der Waals surface area contributed by atoms with Crippen LogP contribution in [0.2, 0.25) is 0 Å². The Morgan fingerprint density at radius 2 is 1.82 bits per heavy atom. The molecule has 3 aromatic carbocycles. The van der Waals surface area contributed by atoms with Crippen LogP contribution in [0.4, 0.5) is 18.9 Å². The molecule has 1 unspecified atom stereocenters. The van der Waals surface area contributed by atoms with E-state index < -0.39 is 39.1 Å². The number of nitrogens with one attached hydrogen (secondary N) is 2. The molecule has 1 aromatic heterocycles. The molecule has 1 heterocycles. The van der Waals surface area contributed by atoms with Crippen LogP contribution in [-0.2, 0) is 9.84 Å². The van der Waals surface area contributed by atoms with Crippen molar-refractivity contribution in [2.45, 2.75) is 10.9 Å². The van der Waals surface area contributed by atoms with Crippen LogP contribution >= 0.6 is 0 Å². The topological polar surface area (TPSA) is 118 Å². The van der Waals surface area contributed by atoms with Crippen molar-refractivity contribution in [2.24, 2.45) is 0 Å². The molecule has 3 N–H and O–H groups in total. The third-order valence-electron chi connectivity index (χ3n) is 5.74. The number of aromatic nitrogens is 1. The third-order valence-corrected chi connectivity index (χ3v) is 6.83. The molecule has 1 atom stereocenters. The molecule has 0 aliphatic heterocycles. The van der Waals surface area contributed by atoms with Crippen molar-refractivity contribution in [3.05, 3.63) is 83.3 Å². The zero-order chi connectivity index (χ0) is 27.6. The number of Topliss-reactive ketones (excluding diaryl/α,β-unsaturated/α-hetero) is 1. The monoisotopic (exact) mass is 548 g/mol. The van der Waals surface area contributed by atoms with Crippen LogP contribution in [0, 0.1) is 17.5 Å². The van der Waals surface area contributed by atoms with E-state index in [9.17, 15) is 31.5 Å². The first-order valence-corrected chi connectivity index (χ1v) is 13.1. The van der Waals surface area contributed by atoms with Crippen molar-refractivity contribution < 1.29 is 41.0 Å². The number of H-pyrrole nitrogens is 1. The number of benzene rings is 3. The molecule has 0 aliphatic carbocycles. The number of carbonyl (C=O) groups is 1. The molecule has 4 rings (SSSR count). The van der Waals surface area contributed by atoms with Gasteiger partial charge in [0.2, 0.25) is 0 Å². The van der Waals surface area contributed by atoms with Crippen LogP contribution < -0.4 is 14.8 Å². The number of ketones is 1. The van der Waals surface area contributed by atoms with E-state index in [4.69, 9.17) is 9.47 Å². The zero-order valence-electron chi connectivity index (χ0n) is 20.2. The second-order valence-electron chi connectivity index (χ2n) is 8.38. The maximum atomic E-state index is 14.1. The summed E-state index contributed by atoms with van der Waals surface area (Å²) in [6.45, 7) is -0.588. The van der Waals surface area contributed by atoms with Gasteiger partial charge < -0.3 is 24.9 Å². The Bertz CT molecular complexity index is 1620. The molecule has 38 heavy (non-hydrogen) atoms. The van der Waals surface area contributed by atoms with Crippen molar-refractivity contribution in [1.29, 1.82) is 0 Å². The van der Waals surface area contributed by atoms with Crippen molar-refractivity contribution in [3.63, 3.8) is 0 Å². The van der Waals surface area contributed by atoms with Gasteiger partial charge in [-0.15, -0.1) is 0 Å². The fourth-order valence-corrected chi connectivity index (χ4v) is 4.61. The SMILES string of the molecule is COc1cc(NC(C(=O)c2c[nH]c3cc(F)c(F)cc23)c2ccc(F)cc2OCCO)cc(S(C)(=O)=O)c1. The fraction of sp³-hybridized carbons (Fsp3) is 0.192. The van der Waals surface area contributed by atoms with Gasteiger partial charge in [-0.1, -0.05) is 0 Å². The third kappa shape index (κ3) is 5.60. The largest absolute Gasteiger partial charge is 0.497 e. The molecule has 0 saturated heterocycles. The molecule has 0 radical (unpaired) electrons. The maximum Gasteiger partial charge on any atom is 0.191 e. The number of carbonyl (C=O) groups excluding carboxylic acids is 1. The molecule has 8 nitrogen and oxygen atoms in total. The highest BCUT2D eigenvalue weighted by Crippen LogP contribution is 2.35. The molecule has 0 bridgehead atoms. The van der Waals surface area contributed by atoms with Gasteiger partial charge in [0.05, 0.1) is 18.6 Å². The Balaban J connectivity index is 1.89. The maximum absolute atomic E-state index is 14.1. The van der Waals surface area contributed by atoms with Gasteiger partial charge in [-0.2, -0.15) is 0 Å². The highest BCUT2D eigenvalue weighted by molar-refractivity contribution is 7.90. The minimum Gasteiger partial charge on any atom is -0.497 e. The number of anilines is 1. The normalized spacial score (nSPS) is 12.4. The minimum absolute atomic E-state index is 0.0138. The highest BCUT2D eigenvalue weighted by atomic mass is 32.2. The lowest BCUT2D eigenvalue weighted by Gasteiger charge is -2.23. The summed E-state index contributed by atoms with van der Waals surface area (Å²) in [6.07, 6.45) is 2.29. The molecule has 0 amide bonds. The number of halogens is 3. The summed E-state index contributed by atoms with van der Waals surface area (Å²) >= 11 is 0. The lowest BCUT2D eigenvalue weighted by Crippen LogP contribution is -2.23. The van der Waals surface area contributed by atoms with Gasteiger partial charge in [0.1, 0.15) is 30.0 Å². The van der Waals surface area contributed by atoms with E-state index in [1.54, 1.807) is 0 Å². The highest BCUT2D eigenvalue weighted by Gasteiger charge is 2.29. The lowest BCUT2D eigenvalue weighted by molar-refractivity contribution is 0.0969. The van der Waals surface area contributed by atoms with Gasteiger partial charge in [0.15, 0.2) is 27.3 Å². The standard InChI is InChI=1S/C26H23F3N2O6S/c1-36-16-8-15(9-17(10-16)38(2,34)35)31-25(18-4-3-14(27)7-24(18)37-6-5-32)26(33)20-13-30-23-12-22(29)21(28)11-19(20)23/h3-4,7-13,25,30-32H,5-6H2,1-2H3. The number of aromatic amines is 1. The van der Waals surface area contributed by atoms with Crippen LogP contribution in [0.3, 0.4) is 0 Å². The second kappa shape index (κ2) is 10.8. The molecule has 0 saturated carbocycles. The van der Waals surface area contributed by atoms with Crippen LogP contribution in [0.5, 0.6) is 11.5 Å². The fourth-order valence-electron chi connectivity index (χ4n) is 3.94. The summed E-state index contributed by atoms with van der Waals surface area (Å²) in [5, 5.41) is 12.3. The molecular weight excluding hydrogens is 525 g/mol. The molecular formula is C26H23F3N2O6S. The second-order valence-corrected chi connectivity index (χ2v) is 10.4. The summed E-state index contributed by atoms with van der Waals surface area (Å²) < 4.78 is 77.1. The summed E-state index contributed by atoms with van der Waals surface area (Å²) in [5.41, 5.74) is 0.464. The number of methoxy groups -OCH3 is 1. The summed E-state index contributed by atoms with van der Waals surface area (Å²) in [6, 6.07) is 7.95. The number of hydrogen-bond donors (Lipinski definition) is 3. The van der Waals surface area contributed by atoms with Gasteiger partial charge in [-0.05, 0) is 30.3 Å². The van der Waals surface area contributed by atoms with E-state index in [1.807, 2.05) is 0 Å². The molecule has 200 valence electrons. The Kier molecular flexibility index (Phi) is 7.65. The summed E-state index contributed by atoms with van der Waals surface area (Å²) in [7, 11) is -2.33. The smallest absolute Gasteiger partial charge is 0.191 e. The molecule has 0 aliphatic rings. The van der Waals surface area contributed by atoms with Crippen molar-refractivity contribution in [2.75, 3.05) is 31.9 Å². The van der Waals surface area contributed by atoms with Crippen LogP contribution in [0.1, 0.15) is 22.0 Å². The Labute approximate surface area is 215 Å². The summed E-state index contributed by atoms with van der Waals surface area (Å²) in [5.74, 6) is -3.45. The summed E-state index contributed by atoms with van der Waals surface area (Å²) in [4.78, 5) is 16.6.